The number of methoxy groups -OCH3 is 1. The monoisotopic (exact) mass is 228 g/mol. The van der Waals surface area contributed by atoms with Gasteiger partial charge >= 0.3 is 0 Å². The van der Waals surface area contributed by atoms with E-state index in [0.29, 0.717) is 6.54 Å². The third-order valence-electron chi connectivity index (χ3n) is 3.54. The van der Waals surface area contributed by atoms with Gasteiger partial charge in [0.2, 0.25) is 5.91 Å². The van der Waals surface area contributed by atoms with Gasteiger partial charge in [-0.2, -0.15) is 0 Å². The minimum Gasteiger partial charge on any atom is -0.377 e. The number of ether oxygens (including phenoxy) is 1. The number of hydrogen-bond donors (Lipinski definition) is 1. The fourth-order valence-corrected chi connectivity index (χ4v) is 2.03. The molecule has 16 heavy (non-hydrogen) atoms. The van der Waals surface area contributed by atoms with Gasteiger partial charge in [0.25, 0.3) is 0 Å². The summed E-state index contributed by atoms with van der Waals surface area (Å²) in [6.45, 7) is 10.6. The van der Waals surface area contributed by atoms with Crippen LogP contribution in [0.3, 0.4) is 0 Å². The number of amides is 1. The van der Waals surface area contributed by atoms with E-state index >= 15 is 0 Å². The van der Waals surface area contributed by atoms with Crippen molar-refractivity contribution in [3.8, 4) is 0 Å². The smallest absolute Gasteiger partial charge is 0.243 e. The van der Waals surface area contributed by atoms with E-state index in [0.717, 1.165) is 6.42 Å². The van der Waals surface area contributed by atoms with Crippen LogP contribution in [-0.2, 0) is 9.53 Å². The Morgan fingerprint density at radius 3 is 2.50 bits per heavy atom. The van der Waals surface area contributed by atoms with Crippen LogP contribution in [-0.4, -0.2) is 41.8 Å². The maximum absolute atomic E-state index is 12.3. The molecule has 1 amide bonds. The summed E-state index contributed by atoms with van der Waals surface area (Å²) < 4.78 is 5.38. The first-order valence-corrected chi connectivity index (χ1v) is 5.89. The highest BCUT2D eigenvalue weighted by atomic mass is 16.5. The van der Waals surface area contributed by atoms with Crippen molar-refractivity contribution in [3.63, 3.8) is 0 Å². The summed E-state index contributed by atoms with van der Waals surface area (Å²) in [4.78, 5) is 14.1. The Labute approximate surface area is 98.3 Å². The van der Waals surface area contributed by atoms with Crippen LogP contribution in [0.5, 0.6) is 0 Å². The van der Waals surface area contributed by atoms with Gasteiger partial charge in [-0.05, 0) is 34.1 Å². The van der Waals surface area contributed by atoms with Gasteiger partial charge in [-0.1, -0.05) is 6.92 Å². The molecule has 4 nitrogen and oxygen atoms in total. The average molecular weight is 228 g/mol. The van der Waals surface area contributed by atoms with Gasteiger partial charge in [0.05, 0.1) is 23.9 Å². The van der Waals surface area contributed by atoms with E-state index in [1.54, 1.807) is 7.11 Å². The van der Waals surface area contributed by atoms with Crippen LogP contribution < -0.4 is 5.32 Å². The lowest BCUT2D eigenvalue weighted by molar-refractivity contribution is -0.136. The molecule has 94 valence electrons. The lowest BCUT2D eigenvalue weighted by Gasteiger charge is -2.31. The molecule has 1 rings (SSSR count). The zero-order chi connectivity index (χ0) is 12.6. The van der Waals surface area contributed by atoms with E-state index in [9.17, 15) is 4.79 Å². The van der Waals surface area contributed by atoms with Crippen molar-refractivity contribution in [1.82, 2.24) is 10.2 Å². The molecule has 0 aliphatic carbocycles. The Morgan fingerprint density at radius 2 is 2.12 bits per heavy atom. The highest BCUT2D eigenvalue weighted by molar-refractivity contribution is 5.88. The predicted octanol–water partition coefficient (Wildman–Crippen LogP) is 1.36. The van der Waals surface area contributed by atoms with Gasteiger partial charge in [0.15, 0.2) is 0 Å². The largest absolute Gasteiger partial charge is 0.377 e. The Balaban J connectivity index is 2.80. The van der Waals surface area contributed by atoms with Gasteiger partial charge in [-0.15, -0.1) is 0 Å². The first kappa shape index (κ1) is 13.5. The van der Waals surface area contributed by atoms with E-state index in [4.69, 9.17) is 4.74 Å². The molecule has 1 aliphatic heterocycles. The second-order valence-corrected chi connectivity index (χ2v) is 5.40. The van der Waals surface area contributed by atoms with Crippen LogP contribution in [0.2, 0.25) is 0 Å². The van der Waals surface area contributed by atoms with Crippen LogP contribution in [0.15, 0.2) is 0 Å². The number of nitrogens with zero attached hydrogens (tertiary/aromatic N) is 1. The third-order valence-corrected chi connectivity index (χ3v) is 3.54. The van der Waals surface area contributed by atoms with E-state index in [1.165, 1.54) is 0 Å². The van der Waals surface area contributed by atoms with Gasteiger partial charge < -0.3 is 9.64 Å². The molecule has 0 spiro atoms. The second-order valence-electron chi connectivity index (χ2n) is 5.40. The SMILES string of the molecule is CCC1(C)NC(C)N(CC(C)(C)OC)C1=O. The fourth-order valence-electron chi connectivity index (χ4n) is 2.03. The first-order chi connectivity index (χ1) is 7.25. The molecule has 0 aromatic carbocycles. The van der Waals surface area contributed by atoms with Gasteiger partial charge in [-0.3, -0.25) is 10.1 Å². The molecule has 0 aromatic rings. The molecular weight excluding hydrogens is 204 g/mol. The lowest BCUT2D eigenvalue weighted by atomic mass is 9.99. The van der Waals surface area contributed by atoms with Crippen molar-refractivity contribution in [2.45, 2.75) is 58.3 Å². The van der Waals surface area contributed by atoms with Crippen molar-refractivity contribution in [3.05, 3.63) is 0 Å². The third kappa shape index (κ3) is 2.38. The van der Waals surface area contributed by atoms with Crippen molar-refractivity contribution < 1.29 is 9.53 Å². The van der Waals surface area contributed by atoms with Crippen molar-refractivity contribution in [2.75, 3.05) is 13.7 Å². The quantitative estimate of drug-likeness (QED) is 0.790. The number of nitrogens with one attached hydrogen (secondary N) is 1. The molecule has 4 heteroatoms. The van der Waals surface area contributed by atoms with Crippen molar-refractivity contribution >= 4 is 5.91 Å². The highest BCUT2D eigenvalue weighted by Crippen LogP contribution is 2.25. The molecule has 1 heterocycles. The molecule has 0 radical (unpaired) electrons. The van der Waals surface area contributed by atoms with E-state index < -0.39 is 5.54 Å². The Hall–Kier alpha value is -0.610. The van der Waals surface area contributed by atoms with E-state index in [-0.39, 0.29) is 17.7 Å². The molecule has 0 saturated carbocycles. The maximum atomic E-state index is 12.3. The summed E-state index contributed by atoms with van der Waals surface area (Å²) in [6.07, 6.45) is 0.881. The molecule has 1 N–H and O–H groups in total. The zero-order valence-electron chi connectivity index (χ0n) is 11.3. The Bertz CT molecular complexity index is 278. The summed E-state index contributed by atoms with van der Waals surface area (Å²) in [7, 11) is 1.68. The summed E-state index contributed by atoms with van der Waals surface area (Å²) in [5, 5.41) is 3.35. The van der Waals surface area contributed by atoms with Gasteiger partial charge in [0, 0.05) is 7.11 Å². The Morgan fingerprint density at radius 1 is 1.56 bits per heavy atom. The van der Waals surface area contributed by atoms with Gasteiger partial charge in [-0.25, -0.2) is 0 Å². The van der Waals surface area contributed by atoms with E-state index in [1.807, 2.05) is 39.5 Å². The van der Waals surface area contributed by atoms with Crippen molar-refractivity contribution in [1.29, 1.82) is 0 Å². The molecule has 2 unspecified atom stereocenters. The van der Waals surface area contributed by atoms with Crippen LogP contribution >= 0.6 is 0 Å². The highest BCUT2D eigenvalue weighted by Gasteiger charge is 2.46. The molecule has 1 aliphatic rings. The topological polar surface area (TPSA) is 41.6 Å². The minimum absolute atomic E-state index is 0.0758. The van der Waals surface area contributed by atoms with Crippen LogP contribution in [0.1, 0.15) is 41.0 Å². The molecule has 1 fully saturated rings. The summed E-state index contributed by atoms with van der Waals surface area (Å²) in [5.41, 5.74) is -0.714. The predicted molar refractivity (Wildman–Crippen MR) is 64.1 cm³/mol. The number of carbonyl (C=O) groups excluding carboxylic acids is 1. The van der Waals surface area contributed by atoms with Gasteiger partial charge in [0.1, 0.15) is 0 Å². The molecule has 0 aromatic heterocycles. The number of rotatable bonds is 4. The zero-order valence-corrected chi connectivity index (χ0v) is 11.3. The van der Waals surface area contributed by atoms with E-state index in [2.05, 4.69) is 5.32 Å². The average Bonchev–Trinajstić information content (AvgIpc) is 2.43. The standard InChI is InChI=1S/C12H24N2O2/c1-7-12(5)10(15)14(9(2)13-12)8-11(3,4)16-6/h9,13H,7-8H2,1-6H3. The first-order valence-electron chi connectivity index (χ1n) is 5.89. The summed E-state index contributed by atoms with van der Waals surface area (Å²) >= 11 is 0. The maximum Gasteiger partial charge on any atom is 0.243 e. The van der Waals surface area contributed by atoms with Crippen LogP contribution in [0.4, 0.5) is 0 Å². The molecule has 2 atom stereocenters. The summed E-state index contributed by atoms with van der Waals surface area (Å²) in [6, 6.07) is 0. The van der Waals surface area contributed by atoms with Crippen LogP contribution in [0.25, 0.3) is 0 Å². The minimum atomic E-state index is -0.413. The normalized spacial score (nSPS) is 31.2. The lowest BCUT2D eigenvalue weighted by Crippen LogP contribution is -2.46. The van der Waals surface area contributed by atoms with Crippen LogP contribution in [0, 0.1) is 0 Å². The number of carbonyl (C=O) groups is 1. The fraction of sp³-hybridized carbons (Fsp3) is 0.917. The number of hydrogen-bond acceptors (Lipinski definition) is 3. The molecule has 1 saturated heterocycles. The molecule has 0 bridgehead atoms. The summed E-state index contributed by atoms with van der Waals surface area (Å²) in [5.74, 6) is 0.174. The van der Waals surface area contributed by atoms with Crippen molar-refractivity contribution in [2.24, 2.45) is 0 Å². The Kier molecular flexibility index (Phi) is 3.65. The second kappa shape index (κ2) is 4.34. The molecular formula is C12H24N2O2.